The molecule has 0 aliphatic heterocycles. The molecule has 0 saturated heterocycles. The van der Waals surface area contributed by atoms with Crippen molar-refractivity contribution in [3.8, 4) is 5.75 Å². The van der Waals surface area contributed by atoms with E-state index in [1.54, 1.807) is 0 Å². The molecule has 0 aliphatic rings. The van der Waals surface area contributed by atoms with Gasteiger partial charge >= 0.3 is 0 Å². The van der Waals surface area contributed by atoms with E-state index in [0.717, 1.165) is 22.2 Å². The molecule has 0 aromatic heterocycles. The third-order valence-corrected chi connectivity index (χ3v) is 3.21. The van der Waals surface area contributed by atoms with Crippen LogP contribution in [0.2, 0.25) is 0 Å². The molecule has 0 saturated carbocycles. The summed E-state index contributed by atoms with van der Waals surface area (Å²) in [7, 11) is 0. The molecule has 2 nitrogen and oxygen atoms in total. The molecule has 0 amide bonds. The lowest BCUT2D eigenvalue weighted by molar-refractivity contribution is 0.321. The van der Waals surface area contributed by atoms with Crippen LogP contribution < -0.4 is 10.5 Å². The Morgan fingerprint density at radius 2 is 1.89 bits per heavy atom. The van der Waals surface area contributed by atoms with Crippen molar-refractivity contribution in [2.75, 3.05) is 12.3 Å². The average Bonchev–Trinajstić information content (AvgIpc) is 2.34. The fourth-order valence-electron chi connectivity index (χ4n) is 1.87. The zero-order valence-corrected chi connectivity index (χ0v) is 11.9. The molecule has 2 rings (SSSR count). The van der Waals surface area contributed by atoms with Crippen molar-refractivity contribution in [1.82, 2.24) is 0 Å². The molecule has 0 heterocycles. The van der Waals surface area contributed by atoms with E-state index in [1.165, 1.54) is 5.56 Å². The molecule has 0 unspecified atom stereocenters. The van der Waals surface area contributed by atoms with Crippen molar-refractivity contribution in [3.05, 3.63) is 58.1 Å². The van der Waals surface area contributed by atoms with Gasteiger partial charge in [0.2, 0.25) is 0 Å². The van der Waals surface area contributed by atoms with Crippen LogP contribution in [0.25, 0.3) is 0 Å². The van der Waals surface area contributed by atoms with Crippen molar-refractivity contribution < 1.29 is 4.74 Å². The summed E-state index contributed by atoms with van der Waals surface area (Å²) < 4.78 is 6.76. The zero-order valence-electron chi connectivity index (χ0n) is 10.3. The minimum Gasteiger partial charge on any atom is -0.491 e. The number of aryl methyl sites for hydroxylation is 1. The predicted molar refractivity (Wildman–Crippen MR) is 78.9 cm³/mol. The van der Waals surface area contributed by atoms with Gasteiger partial charge in [0.25, 0.3) is 0 Å². The first-order valence-electron chi connectivity index (χ1n) is 5.89. The normalized spacial score (nSPS) is 10.3. The third kappa shape index (κ3) is 3.26. The highest BCUT2D eigenvalue weighted by Crippen LogP contribution is 2.30. The second-order valence-corrected chi connectivity index (χ2v) is 5.14. The van der Waals surface area contributed by atoms with Crippen LogP contribution in [0.15, 0.2) is 46.9 Å². The van der Waals surface area contributed by atoms with Crippen molar-refractivity contribution in [1.29, 1.82) is 0 Å². The first-order valence-corrected chi connectivity index (χ1v) is 6.68. The molecule has 0 radical (unpaired) electrons. The van der Waals surface area contributed by atoms with Gasteiger partial charge in [-0.1, -0.05) is 46.3 Å². The number of ether oxygens (including phenoxy) is 1. The zero-order chi connectivity index (χ0) is 13.0. The van der Waals surface area contributed by atoms with Crippen LogP contribution in [0, 0.1) is 6.92 Å². The molecule has 3 heteroatoms. The monoisotopic (exact) mass is 305 g/mol. The van der Waals surface area contributed by atoms with Crippen molar-refractivity contribution in [3.63, 3.8) is 0 Å². The molecule has 0 aliphatic carbocycles. The summed E-state index contributed by atoms with van der Waals surface area (Å²) in [6.07, 6.45) is 0.885. The molecule has 0 spiro atoms. The van der Waals surface area contributed by atoms with E-state index in [0.29, 0.717) is 12.3 Å². The van der Waals surface area contributed by atoms with Gasteiger partial charge in [0.15, 0.2) is 0 Å². The Morgan fingerprint density at radius 1 is 1.17 bits per heavy atom. The van der Waals surface area contributed by atoms with Crippen LogP contribution in [-0.2, 0) is 6.42 Å². The summed E-state index contributed by atoms with van der Waals surface area (Å²) in [6, 6.07) is 14.2. The fourth-order valence-corrected chi connectivity index (χ4v) is 2.46. The number of rotatable bonds is 4. The standard InChI is InChI=1S/C15H16BrNO/c1-11-9-13(16)10-14(17)15(11)18-8-7-12-5-3-2-4-6-12/h2-6,9-10H,7-8,17H2,1H3. The molecule has 0 bridgehead atoms. The minimum atomic E-state index is 0.636. The lowest BCUT2D eigenvalue weighted by atomic mass is 10.1. The second kappa shape index (κ2) is 5.91. The van der Waals surface area contributed by atoms with E-state index in [4.69, 9.17) is 10.5 Å². The van der Waals surface area contributed by atoms with Crippen molar-refractivity contribution in [2.45, 2.75) is 13.3 Å². The summed E-state index contributed by atoms with van der Waals surface area (Å²) >= 11 is 3.42. The highest BCUT2D eigenvalue weighted by Gasteiger charge is 2.06. The smallest absolute Gasteiger partial charge is 0.145 e. The number of nitrogen functional groups attached to an aromatic ring is 1. The Bertz CT molecular complexity index is 502. The third-order valence-electron chi connectivity index (χ3n) is 2.75. The van der Waals surface area contributed by atoms with E-state index < -0.39 is 0 Å². The summed E-state index contributed by atoms with van der Waals surface area (Å²) in [5.41, 5.74) is 8.94. The van der Waals surface area contributed by atoms with Crippen molar-refractivity contribution in [2.24, 2.45) is 0 Å². The van der Waals surface area contributed by atoms with Gasteiger partial charge in [0.05, 0.1) is 12.3 Å². The van der Waals surface area contributed by atoms with E-state index in [1.807, 2.05) is 37.3 Å². The van der Waals surface area contributed by atoms with E-state index in [2.05, 4.69) is 28.1 Å². The number of benzene rings is 2. The first kappa shape index (κ1) is 13.0. The number of hydrogen-bond acceptors (Lipinski definition) is 2. The van der Waals surface area contributed by atoms with Gasteiger partial charge in [0, 0.05) is 10.9 Å². The SMILES string of the molecule is Cc1cc(Br)cc(N)c1OCCc1ccccc1. The molecule has 94 valence electrons. The molecule has 2 aromatic carbocycles. The van der Waals surface area contributed by atoms with E-state index >= 15 is 0 Å². The molecule has 0 fully saturated rings. The quantitative estimate of drug-likeness (QED) is 0.868. The summed E-state index contributed by atoms with van der Waals surface area (Å²) in [6.45, 7) is 2.63. The average molecular weight is 306 g/mol. The Labute approximate surface area is 116 Å². The van der Waals surface area contributed by atoms with E-state index in [9.17, 15) is 0 Å². The Kier molecular flexibility index (Phi) is 4.26. The van der Waals surface area contributed by atoms with Gasteiger partial charge in [-0.2, -0.15) is 0 Å². The fraction of sp³-hybridized carbons (Fsp3) is 0.200. The van der Waals surface area contributed by atoms with Crippen LogP contribution in [0.3, 0.4) is 0 Å². The Hall–Kier alpha value is -1.48. The minimum absolute atomic E-state index is 0.636. The number of halogens is 1. The van der Waals surface area contributed by atoms with Gasteiger partial charge in [-0.15, -0.1) is 0 Å². The highest BCUT2D eigenvalue weighted by atomic mass is 79.9. The van der Waals surface area contributed by atoms with Gasteiger partial charge in [-0.05, 0) is 30.2 Å². The number of anilines is 1. The van der Waals surface area contributed by atoms with Crippen LogP contribution in [0.1, 0.15) is 11.1 Å². The lowest BCUT2D eigenvalue weighted by Gasteiger charge is -2.12. The topological polar surface area (TPSA) is 35.2 Å². The maximum Gasteiger partial charge on any atom is 0.145 e. The predicted octanol–water partition coefficient (Wildman–Crippen LogP) is 3.96. The molecule has 18 heavy (non-hydrogen) atoms. The Balaban J connectivity index is 1.99. The van der Waals surface area contributed by atoms with Gasteiger partial charge < -0.3 is 10.5 Å². The summed E-state index contributed by atoms with van der Waals surface area (Å²) in [5.74, 6) is 0.786. The van der Waals surface area contributed by atoms with Gasteiger partial charge in [-0.25, -0.2) is 0 Å². The molecular formula is C15H16BrNO. The van der Waals surface area contributed by atoms with Crippen LogP contribution in [0.5, 0.6) is 5.75 Å². The van der Waals surface area contributed by atoms with E-state index in [-0.39, 0.29) is 0 Å². The largest absolute Gasteiger partial charge is 0.491 e. The highest BCUT2D eigenvalue weighted by molar-refractivity contribution is 9.10. The second-order valence-electron chi connectivity index (χ2n) is 4.23. The van der Waals surface area contributed by atoms with Crippen LogP contribution in [0.4, 0.5) is 5.69 Å². The van der Waals surface area contributed by atoms with Gasteiger partial charge in [-0.3, -0.25) is 0 Å². The lowest BCUT2D eigenvalue weighted by Crippen LogP contribution is -2.04. The molecule has 0 atom stereocenters. The molecular weight excluding hydrogens is 290 g/mol. The maximum absolute atomic E-state index is 5.95. The molecule has 2 N–H and O–H groups in total. The maximum atomic E-state index is 5.95. The number of hydrogen-bond donors (Lipinski definition) is 1. The first-order chi connectivity index (χ1) is 8.66. The summed E-state index contributed by atoms with van der Waals surface area (Å²) in [4.78, 5) is 0. The summed E-state index contributed by atoms with van der Waals surface area (Å²) in [5, 5.41) is 0. The molecule has 2 aromatic rings. The van der Waals surface area contributed by atoms with Crippen molar-refractivity contribution >= 4 is 21.6 Å². The van der Waals surface area contributed by atoms with Crippen LogP contribution in [-0.4, -0.2) is 6.61 Å². The Morgan fingerprint density at radius 3 is 2.56 bits per heavy atom. The van der Waals surface area contributed by atoms with Crippen LogP contribution >= 0.6 is 15.9 Å². The number of nitrogens with two attached hydrogens (primary N) is 1. The van der Waals surface area contributed by atoms with Gasteiger partial charge in [0.1, 0.15) is 5.75 Å².